The molecule has 0 fully saturated rings. The van der Waals surface area contributed by atoms with Gasteiger partial charge in [0.25, 0.3) is 0 Å². The van der Waals surface area contributed by atoms with Gasteiger partial charge < -0.3 is 11.1 Å². The summed E-state index contributed by atoms with van der Waals surface area (Å²) in [6, 6.07) is 0. The summed E-state index contributed by atoms with van der Waals surface area (Å²) >= 11 is 6.78. The van der Waals surface area contributed by atoms with Crippen molar-refractivity contribution in [2.45, 2.75) is 25.5 Å². The molecule has 0 unspecified atom stereocenters. The minimum Gasteiger partial charge on any atom is -0.389 e. The molecule has 94 valence electrons. The first kappa shape index (κ1) is 14.2. The Morgan fingerprint density at radius 2 is 2.24 bits per heavy atom. The molecule has 0 saturated carbocycles. The third kappa shape index (κ3) is 4.12. The van der Waals surface area contributed by atoms with Crippen LogP contribution in [-0.4, -0.2) is 32.5 Å². The lowest BCUT2D eigenvalue weighted by Gasteiger charge is -2.23. The third-order valence-corrected chi connectivity index (χ3v) is 3.88. The Bertz CT molecular complexity index is 418. The van der Waals surface area contributed by atoms with E-state index in [1.54, 1.807) is 18.0 Å². The molecule has 0 radical (unpaired) electrons. The minimum absolute atomic E-state index is 0.131. The highest BCUT2D eigenvalue weighted by atomic mass is 32.2. The maximum Gasteiger partial charge on any atom is 0.140 e. The number of rotatable bonds is 5. The zero-order valence-corrected chi connectivity index (χ0v) is 12.2. The van der Waals surface area contributed by atoms with Gasteiger partial charge in [0.15, 0.2) is 0 Å². The second-order valence-electron chi connectivity index (χ2n) is 4.36. The van der Waals surface area contributed by atoms with Crippen LogP contribution in [0.1, 0.15) is 25.2 Å². The smallest absolute Gasteiger partial charge is 0.140 e. The maximum atomic E-state index is 5.64. The van der Waals surface area contributed by atoms with Gasteiger partial charge in [-0.1, -0.05) is 12.2 Å². The highest BCUT2D eigenvalue weighted by Crippen LogP contribution is 2.22. The van der Waals surface area contributed by atoms with Gasteiger partial charge in [0.1, 0.15) is 16.6 Å². The van der Waals surface area contributed by atoms with Crippen LogP contribution in [0.2, 0.25) is 0 Å². The van der Waals surface area contributed by atoms with Gasteiger partial charge in [0.2, 0.25) is 0 Å². The number of nitrogens with one attached hydrogen (secondary N) is 1. The van der Waals surface area contributed by atoms with Crippen molar-refractivity contribution in [1.82, 2.24) is 9.97 Å². The summed E-state index contributed by atoms with van der Waals surface area (Å²) in [6.07, 6.45) is 3.75. The fraction of sp³-hybridized carbons (Fsp3) is 0.545. The number of anilines is 1. The highest BCUT2D eigenvalue weighted by Gasteiger charge is 2.17. The predicted molar refractivity (Wildman–Crippen MR) is 78.7 cm³/mol. The molecule has 4 nitrogen and oxygen atoms in total. The zero-order valence-electron chi connectivity index (χ0n) is 10.6. The molecule has 0 atom stereocenters. The Labute approximate surface area is 112 Å². The van der Waals surface area contributed by atoms with E-state index in [1.807, 2.05) is 6.92 Å². The van der Waals surface area contributed by atoms with E-state index in [9.17, 15) is 0 Å². The van der Waals surface area contributed by atoms with Crippen LogP contribution in [0.5, 0.6) is 0 Å². The van der Waals surface area contributed by atoms with E-state index in [2.05, 4.69) is 35.4 Å². The van der Waals surface area contributed by atoms with Crippen molar-refractivity contribution in [2.75, 3.05) is 18.1 Å². The Hall–Kier alpha value is -0.880. The van der Waals surface area contributed by atoms with Gasteiger partial charge in [-0.15, -0.1) is 0 Å². The molecule has 1 aromatic heterocycles. The molecular formula is C11H18N4S2. The van der Waals surface area contributed by atoms with Gasteiger partial charge in [-0.2, -0.15) is 11.8 Å². The van der Waals surface area contributed by atoms with Gasteiger partial charge in [-0.3, -0.25) is 0 Å². The molecule has 1 rings (SSSR count). The van der Waals surface area contributed by atoms with Crippen molar-refractivity contribution in [3.63, 3.8) is 0 Å². The Balaban J connectivity index is 2.89. The first-order chi connectivity index (χ1) is 7.85. The SMILES string of the molecule is CSC(C)(C)CNc1nc(C)ncc1C(N)=S. The normalized spacial score (nSPS) is 11.3. The molecule has 17 heavy (non-hydrogen) atoms. The monoisotopic (exact) mass is 270 g/mol. The quantitative estimate of drug-likeness (QED) is 0.798. The van der Waals surface area contributed by atoms with Crippen LogP contribution in [0, 0.1) is 6.92 Å². The van der Waals surface area contributed by atoms with E-state index in [-0.39, 0.29) is 4.75 Å². The third-order valence-electron chi connectivity index (χ3n) is 2.41. The summed E-state index contributed by atoms with van der Waals surface area (Å²) in [4.78, 5) is 8.75. The van der Waals surface area contributed by atoms with Crippen molar-refractivity contribution < 1.29 is 0 Å². The molecule has 1 heterocycles. The lowest BCUT2D eigenvalue weighted by Crippen LogP contribution is -2.27. The number of nitrogens with two attached hydrogens (primary N) is 1. The molecule has 0 aliphatic carbocycles. The Morgan fingerprint density at radius 3 is 2.76 bits per heavy atom. The topological polar surface area (TPSA) is 63.8 Å². The molecule has 0 aliphatic rings. The molecule has 0 aromatic carbocycles. The summed E-state index contributed by atoms with van der Waals surface area (Å²) < 4.78 is 0.131. The average Bonchev–Trinajstić information content (AvgIpc) is 2.26. The number of aryl methyl sites for hydroxylation is 1. The van der Waals surface area contributed by atoms with Gasteiger partial charge in [-0.25, -0.2) is 9.97 Å². The van der Waals surface area contributed by atoms with Crippen LogP contribution in [0.3, 0.4) is 0 Å². The first-order valence-corrected chi connectivity index (χ1v) is 6.91. The summed E-state index contributed by atoms with van der Waals surface area (Å²) in [5, 5.41) is 3.29. The average molecular weight is 270 g/mol. The fourth-order valence-electron chi connectivity index (χ4n) is 1.15. The molecular weight excluding hydrogens is 252 g/mol. The van der Waals surface area contributed by atoms with Crippen molar-refractivity contribution in [3.05, 3.63) is 17.6 Å². The maximum absolute atomic E-state index is 5.64. The zero-order chi connectivity index (χ0) is 13.1. The van der Waals surface area contributed by atoms with E-state index in [4.69, 9.17) is 18.0 Å². The fourth-order valence-corrected chi connectivity index (χ4v) is 1.52. The summed E-state index contributed by atoms with van der Waals surface area (Å²) in [5.74, 6) is 1.42. The van der Waals surface area contributed by atoms with Crippen LogP contribution in [0.15, 0.2) is 6.20 Å². The molecule has 3 N–H and O–H groups in total. The van der Waals surface area contributed by atoms with E-state index in [0.717, 1.165) is 6.54 Å². The lowest BCUT2D eigenvalue weighted by atomic mass is 10.2. The summed E-state index contributed by atoms with van der Waals surface area (Å²) in [6.45, 7) is 6.97. The van der Waals surface area contributed by atoms with Gasteiger partial charge in [0, 0.05) is 17.5 Å². The second-order valence-corrected chi connectivity index (χ2v) is 6.31. The molecule has 0 saturated heterocycles. The van der Waals surface area contributed by atoms with Gasteiger partial charge in [-0.05, 0) is 27.0 Å². The number of thioether (sulfide) groups is 1. The number of hydrogen-bond donors (Lipinski definition) is 2. The molecule has 0 aliphatic heterocycles. The van der Waals surface area contributed by atoms with Crippen molar-refractivity contribution in [3.8, 4) is 0 Å². The largest absolute Gasteiger partial charge is 0.389 e. The van der Waals surface area contributed by atoms with E-state index in [0.29, 0.717) is 22.2 Å². The van der Waals surface area contributed by atoms with Crippen LogP contribution < -0.4 is 11.1 Å². The van der Waals surface area contributed by atoms with Gasteiger partial charge in [0.05, 0.1) is 5.56 Å². The second kappa shape index (κ2) is 5.64. The Kier molecular flexibility index (Phi) is 4.70. The number of hydrogen-bond acceptors (Lipinski definition) is 5. The predicted octanol–water partition coefficient (Wildman–Crippen LogP) is 1.97. The van der Waals surface area contributed by atoms with E-state index >= 15 is 0 Å². The first-order valence-electron chi connectivity index (χ1n) is 5.28. The number of aromatic nitrogens is 2. The van der Waals surface area contributed by atoms with Crippen LogP contribution in [-0.2, 0) is 0 Å². The number of nitrogens with zero attached hydrogens (tertiary/aromatic N) is 2. The van der Waals surface area contributed by atoms with Crippen LogP contribution >= 0.6 is 24.0 Å². The van der Waals surface area contributed by atoms with E-state index < -0.39 is 0 Å². The van der Waals surface area contributed by atoms with Crippen LogP contribution in [0.4, 0.5) is 5.82 Å². The molecule has 0 spiro atoms. The number of thiocarbonyl (C=S) groups is 1. The highest BCUT2D eigenvalue weighted by molar-refractivity contribution is 7.99. The van der Waals surface area contributed by atoms with E-state index in [1.165, 1.54) is 0 Å². The van der Waals surface area contributed by atoms with Crippen molar-refractivity contribution >= 4 is 34.8 Å². The Morgan fingerprint density at radius 1 is 1.59 bits per heavy atom. The molecule has 0 bridgehead atoms. The lowest BCUT2D eigenvalue weighted by molar-refractivity contribution is 0.749. The van der Waals surface area contributed by atoms with Gasteiger partial charge >= 0.3 is 0 Å². The standard InChI is InChI=1S/C11H18N4S2/c1-7-13-5-8(9(12)16)10(15-7)14-6-11(2,3)17-4/h5H,6H2,1-4H3,(H2,12,16)(H,13,14,15). The van der Waals surface area contributed by atoms with Crippen molar-refractivity contribution in [2.24, 2.45) is 5.73 Å². The summed E-state index contributed by atoms with van der Waals surface area (Å²) in [5.41, 5.74) is 6.34. The molecule has 0 amide bonds. The molecule has 1 aromatic rings. The van der Waals surface area contributed by atoms with Crippen molar-refractivity contribution in [1.29, 1.82) is 0 Å². The van der Waals surface area contributed by atoms with Crippen LogP contribution in [0.25, 0.3) is 0 Å². The minimum atomic E-state index is 0.131. The summed E-state index contributed by atoms with van der Waals surface area (Å²) in [7, 11) is 0. The molecule has 6 heteroatoms.